The Morgan fingerprint density at radius 1 is 1.24 bits per heavy atom. The van der Waals surface area contributed by atoms with E-state index in [0.29, 0.717) is 0 Å². The lowest BCUT2D eigenvalue weighted by atomic mass is 9.94. The topological polar surface area (TPSA) is 24.4 Å². The maximum Gasteiger partial charge on any atom is 0.126 e. The zero-order chi connectivity index (χ0) is 12.3. The molecule has 1 aliphatic heterocycles. The summed E-state index contributed by atoms with van der Waals surface area (Å²) in [4.78, 5) is 4.39. The first-order valence-electron chi connectivity index (χ1n) is 6.32. The van der Waals surface area contributed by atoms with Crippen LogP contribution in [0.5, 0.6) is 0 Å². The van der Waals surface area contributed by atoms with E-state index in [1.165, 1.54) is 5.56 Å². The third-order valence-corrected chi connectivity index (χ3v) is 3.29. The molecule has 1 aliphatic rings. The first kappa shape index (κ1) is 12.1. The molecule has 0 aliphatic carbocycles. The van der Waals surface area contributed by atoms with Gasteiger partial charge >= 0.3 is 0 Å². The molecule has 0 atom stereocenters. The van der Waals surface area contributed by atoms with E-state index in [-0.39, 0.29) is 5.82 Å². The molecule has 1 heterocycles. The summed E-state index contributed by atoms with van der Waals surface area (Å²) in [6.45, 7) is 5.87. The highest BCUT2D eigenvalue weighted by Crippen LogP contribution is 2.21. The fourth-order valence-electron chi connectivity index (χ4n) is 2.38. The largest absolute Gasteiger partial charge is 0.372 e. The highest BCUT2D eigenvalue weighted by Gasteiger charge is 2.14. The van der Waals surface area contributed by atoms with Crippen molar-refractivity contribution in [1.29, 1.82) is 0 Å². The summed E-state index contributed by atoms with van der Waals surface area (Å²) in [6, 6.07) is 3.49. The van der Waals surface area contributed by atoms with Crippen molar-refractivity contribution in [1.82, 2.24) is 5.32 Å². The van der Waals surface area contributed by atoms with Gasteiger partial charge in [-0.05, 0) is 35.6 Å². The average Bonchev–Trinajstić information content (AvgIpc) is 2.83. The van der Waals surface area contributed by atoms with Gasteiger partial charge in [0.05, 0.1) is 6.54 Å². The second-order valence-electron chi connectivity index (χ2n) is 4.30. The van der Waals surface area contributed by atoms with E-state index in [0.717, 1.165) is 49.3 Å². The number of nitrogens with one attached hydrogen (secondary N) is 1. The molecule has 0 spiro atoms. The number of hydrogen-bond acceptors (Lipinski definition) is 2. The number of rotatable bonds is 4. The van der Waals surface area contributed by atoms with Crippen LogP contribution in [0.3, 0.4) is 0 Å². The zero-order valence-electron chi connectivity index (χ0n) is 10.5. The Bertz CT molecular complexity index is 438. The van der Waals surface area contributed by atoms with Crippen LogP contribution in [0.2, 0.25) is 0 Å². The molecular formula is C14H19FN2. The first-order valence-corrected chi connectivity index (χ1v) is 6.32. The van der Waals surface area contributed by atoms with E-state index in [1.807, 2.05) is 13.0 Å². The maximum absolute atomic E-state index is 13.8. The van der Waals surface area contributed by atoms with E-state index in [1.54, 1.807) is 6.07 Å². The van der Waals surface area contributed by atoms with Crippen molar-refractivity contribution in [3.63, 3.8) is 0 Å². The van der Waals surface area contributed by atoms with Gasteiger partial charge in [-0.3, -0.25) is 4.99 Å². The number of hydrogen-bond donors (Lipinski definition) is 1. The summed E-state index contributed by atoms with van der Waals surface area (Å²) < 4.78 is 13.8. The molecule has 1 N–H and O–H groups in total. The third kappa shape index (κ3) is 2.48. The van der Waals surface area contributed by atoms with Gasteiger partial charge in [0.25, 0.3) is 0 Å². The molecule has 92 valence electrons. The van der Waals surface area contributed by atoms with Crippen LogP contribution in [0.1, 0.15) is 30.5 Å². The SMILES string of the molecule is CCc1ccc(F)c(CC)c1CC1=NCCN1. The molecule has 2 nitrogen and oxygen atoms in total. The highest BCUT2D eigenvalue weighted by molar-refractivity contribution is 5.86. The number of nitrogens with zero attached hydrogens (tertiary/aromatic N) is 1. The zero-order valence-corrected chi connectivity index (χ0v) is 10.5. The quantitative estimate of drug-likeness (QED) is 0.850. The summed E-state index contributed by atoms with van der Waals surface area (Å²) in [6.07, 6.45) is 2.42. The minimum Gasteiger partial charge on any atom is -0.372 e. The van der Waals surface area contributed by atoms with E-state index < -0.39 is 0 Å². The molecule has 0 saturated carbocycles. The normalized spacial score (nSPS) is 14.6. The lowest BCUT2D eigenvalue weighted by Crippen LogP contribution is -2.22. The Morgan fingerprint density at radius 2 is 2.06 bits per heavy atom. The standard InChI is InChI=1S/C14H19FN2/c1-3-10-5-6-13(15)11(4-2)12(10)9-14-16-7-8-17-14/h5-6H,3-4,7-9H2,1-2H3,(H,16,17). The van der Waals surface area contributed by atoms with Gasteiger partial charge in [-0.15, -0.1) is 0 Å². The molecule has 1 aromatic rings. The fraction of sp³-hybridized carbons (Fsp3) is 0.500. The summed E-state index contributed by atoms with van der Waals surface area (Å²) in [7, 11) is 0. The van der Waals surface area contributed by atoms with Crippen molar-refractivity contribution < 1.29 is 4.39 Å². The Kier molecular flexibility index (Phi) is 3.77. The van der Waals surface area contributed by atoms with E-state index >= 15 is 0 Å². The average molecular weight is 234 g/mol. The van der Waals surface area contributed by atoms with Crippen molar-refractivity contribution >= 4 is 5.84 Å². The Hall–Kier alpha value is -1.38. The predicted octanol–water partition coefficient (Wildman–Crippen LogP) is 2.49. The third-order valence-electron chi connectivity index (χ3n) is 3.29. The number of aryl methyl sites for hydroxylation is 1. The lowest BCUT2D eigenvalue weighted by Gasteiger charge is -2.14. The van der Waals surface area contributed by atoms with Crippen LogP contribution in [0.4, 0.5) is 4.39 Å². The van der Waals surface area contributed by atoms with Gasteiger partial charge in [0, 0.05) is 13.0 Å². The molecule has 3 heteroatoms. The monoisotopic (exact) mass is 234 g/mol. The first-order chi connectivity index (χ1) is 8.26. The molecule has 0 bridgehead atoms. The van der Waals surface area contributed by atoms with Crippen LogP contribution in [0, 0.1) is 5.82 Å². The van der Waals surface area contributed by atoms with Crippen molar-refractivity contribution in [2.45, 2.75) is 33.1 Å². The molecule has 0 radical (unpaired) electrons. The molecule has 0 unspecified atom stereocenters. The van der Waals surface area contributed by atoms with Crippen molar-refractivity contribution in [3.05, 3.63) is 34.6 Å². The molecule has 0 saturated heterocycles. The summed E-state index contributed by atoms with van der Waals surface area (Å²) >= 11 is 0. The summed E-state index contributed by atoms with van der Waals surface area (Å²) in [5.41, 5.74) is 3.21. The van der Waals surface area contributed by atoms with Crippen LogP contribution >= 0.6 is 0 Å². The fourth-order valence-corrected chi connectivity index (χ4v) is 2.38. The van der Waals surface area contributed by atoms with E-state index in [4.69, 9.17) is 0 Å². The van der Waals surface area contributed by atoms with Crippen LogP contribution < -0.4 is 5.32 Å². The van der Waals surface area contributed by atoms with Crippen LogP contribution in [0.25, 0.3) is 0 Å². The smallest absolute Gasteiger partial charge is 0.126 e. The molecule has 0 aromatic heterocycles. The van der Waals surface area contributed by atoms with Gasteiger partial charge in [0.2, 0.25) is 0 Å². The van der Waals surface area contributed by atoms with E-state index in [2.05, 4.69) is 17.2 Å². The minimum absolute atomic E-state index is 0.0849. The Balaban J connectivity index is 2.37. The lowest BCUT2D eigenvalue weighted by molar-refractivity contribution is 0.608. The van der Waals surface area contributed by atoms with E-state index in [9.17, 15) is 4.39 Å². The molecule has 0 amide bonds. The second kappa shape index (κ2) is 5.30. The number of aliphatic imine (C=N–C) groups is 1. The molecule has 0 fully saturated rings. The van der Waals surface area contributed by atoms with Crippen molar-refractivity contribution in [2.24, 2.45) is 4.99 Å². The van der Waals surface area contributed by atoms with Crippen molar-refractivity contribution in [2.75, 3.05) is 13.1 Å². The van der Waals surface area contributed by atoms with Gasteiger partial charge < -0.3 is 5.32 Å². The molecule has 1 aromatic carbocycles. The van der Waals surface area contributed by atoms with Gasteiger partial charge in [-0.1, -0.05) is 19.9 Å². The predicted molar refractivity (Wildman–Crippen MR) is 69.2 cm³/mol. The number of halogens is 1. The molecular weight excluding hydrogens is 215 g/mol. The Labute approximate surface area is 102 Å². The van der Waals surface area contributed by atoms with Gasteiger partial charge in [0.1, 0.15) is 11.7 Å². The van der Waals surface area contributed by atoms with Gasteiger partial charge in [-0.25, -0.2) is 4.39 Å². The van der Waals surface area contributed by atoms with Crippen LogP contribution in [-0.2, 0) is 19.3 Å². The van der Waals surface area contributed by atoms with Crippen LogP contribution in [-0.4, -0.2) is 18.9 Å². The van der Waals surface area contributed by atoms with Gasteiger partial charge in [-0.2, -0.15) is 0 Å². The summed E-state index contributed by atoms with van der Waals surface area (Å²) in [5.74, 6) is 0.915. The number of amidine groups is 1. The highest BCUT2D eigenvalue weighted by atomic mass is 19.1. The summed E-state index contributed by atoms with van der Waals surface area (Å²) in [5, 5.41) is 3.25. The maximum atomic E-state index is 13.8. The Morgan fingerprint density at radius 3 is 2.65 bits per heavy atom. The van der Waals surface area contributed by atoms with Crippen molar-refractivity contribution in [3.8, 4) is 0 Å². The van der Waals surface area contributed by atoms with Crippen LogP contribution in [0.15, 0.2) is 17.1 Å². The second-order valence-corrected chi connectivity index (χ2v) is 4.30. The number of benzene rings is 1. The van der Waals surface area contributed by atoms with Gasteiger partial charge in [0.15, 0.2) is 0 Å². The molecule has 17 heavy (non-hydrogen) atoms. The molecule has 2 rings (SSSR count). The minimum atomic E-state index is -0.0849.